The molecule has 0 atom stereocenters. The molecule has 0 saturated carbocycles. The first-order chi connectivity index (χ1) is 7.26. The van der Waals surface area contributed by atoms with Gasteiger partial charge in [-0.25, -0.2) is 4.98 Å². The van der Waals surface area contributed by atoms with Crippen LogP contribution in [0.1, 0.15) is 5.56 Å². The van der Waals surface area contributed by atoms with Gasteiger partial charge in [0.2, 0.25) is 0 Å². The lowest BCUT2D eigenvalue weighted by molar-refractivity contribution is 0.131. The van der Waals surface area contributed by atoms with Crippen molar-refractivity contribution in [2.24, 2.45) is 5.16 Å². The predicted octanol–water partition coefficient (Wildman–Crippen LogP) is 1.65. The smallest absolute Gasteiger partial charge is 0.256 e. The van der Waals surface area contributed by atoms with E-state index >= 15 is 0 Å². The van der Waals surface area contributed by atoms with E-state index in [1.54, 1.807) is 24.3 Å². The molecule has 0 radical (unpaired) electrons. The third kappa shape index (κ3) is 3.63. The number of hydrogen-bond donors (Lipinski definition) is 0. The summed E-state index contributed by atoms with van der Waals surface area (Å²) in [5, 5.41) is 20.4. The Hall–Kier alpha value is -2.11. The molecule has 0 amide bonds. The van der Waals surface area contributed by atoms with Crippen molar-refractivity contribution in [1.82, 2.24) is 4.98 Å². The fourth-order valence-electron chi connectivity index (χ4n) is 0.729. The molecule has 0 spiro atoms. The molecule has 0 N–H and O–H groups in total. The summed E-state index contributed by atoms with van der Waals surface area (Å²) in [6, 6.07) is 6.47. The molecule has 0 aliphatic rings. The Balaban J connectivity index is 2.53. The number of halogens is 1. The Morgan fingerprint density at radius 2 is 2.20 bits per heavy atom. The van der Waals surface area contributed by atoms with Crippen LogP contribution in [0.15, 0.2) is 23.5 Å². The second kappa shape index (κ2) is 5.58. The van der Waals surface area contributed by atoms with Gasteiger partial charge in [-0.1, -0.05) is 22.8 Å². The van der Waals surface area contributed by atoms with E-state index in [1.165, 1.54) is 6.20 Å². The van der Waals surface area contributed by atoms with Crippen LogP contribution in [-0.4, -0.2) is 10.7 Å². The Bertz CT molecular complexity index is 425. The third-order valence-corrected chi connectivity index (χ3v) is 1.61. The lowest BCUT2D eigenvalue weighted by Gasteiger charge is -1.98. The van der Waals surface area contributed by atoms with Crippen molar-refractivity contribution in [1.29, 1.82) is 10.5 Å². The molecule has 15 heavy (non-hydrogen) atoms. The monoisotopic (exact) mass is 220 g/mol. The van der Waals surface area contributed by atoms with E-state index in [4.69, 9.17) is 27.0 Å². The molecule has 1 aromatic heterocycles. The van der Waals surface area contributed by atoms with Gasteiger partial charge in [0.1, 0.15) is 23.9 Å². The largest absolute Gasteiger partial charge is 0.389 e. The number of pyridine rings is 1. The van der Waals surface area contributed by atoms with Gasteiger partial charge in [-0.3, -0.25) is 0 Å². The number of aromatic nitrogens is 1. The van der Waals surface area contributed by atoms with Crippen molar-refractivity contribution in [3.63, 3.8) is 0 Å². The Kier molecular flexibility index (Phi) is 4.08. The fourth-order valence-corrected chi connectivity index (χ4v) is 0.841. The van der Waals surface area contributed by atoms with E-state index in [-0.39, 0.29) is 12.3 Å². The van der Waals surface area contributed by atoms with Crippen LogP contribution in [0.4, 0.5) is 0 Å². The summed E-state index contributed by atoms with van der Waals surface area (Å²) in [5.41, 5.74) is 0.426. The fraction of sp³-hybridized carbons (Fsp3) is 0.111. The molecule has 0 aliphatic heterocycles. The van der Waals surface area contributed by atoms with Gasteiger partial charge in [0.15, 0.2) is 0 Å². The summed E-state index contributed by atoms with van der Waals surface area (Å²) < 4.78 is 0. The lowest BCUT2D eigenvalue weighted by atomic mass is 10.3. The van der Waals surface area contributed by atoms with Gasteiger partial charge in [-0.05, 0) is 6.07 Å². The van der Waals surface area contributed by atoms with Crippen molar-refractivity contribution in [2.75, 3.05) is 0 Å². The van der Waals surface area contributed by atoms with E-state index in [1.807, 2.05) is 0 Å². The van der Waals surface area contributed by atoms with Crippen LogP contribution in [-0.2, 0) is 11.4 Å². The maximum absolute atomic E-state index is 8.35. The number of nitriles is 2. The molecule has 0 aliphatic carbocycles. The summed E-state index contributed by atoms with van der Waals surface area (Å²) in [4.78, 5) is 8.59. The zero-order valence-corrected chi connectivity index (χ0v) is 8.27. The van der Waals surface area contributed by atoms with Gasteiger partial charge >= 0.3 is 0 Å². The van der Waals surface area contributed by atoms with Gasteiger partial charge in [-0.15, -0.1) is 0 Å². The molecule has 0 unspecified atom stereocenters. The second-order valence-electron chi connectivity index (χ2n) is 2.43. The zero-order chi connectivity index (χ0) is 11.1. The van der Waals surface area contributed by atoms with E-state index in [9.17, 15) is 0 Å². The minimum Gasteiger partial charge on any atom is -0.389 e. The standard InChI is InChI=1S/C9H5ClN4O/c10-9-2-1-7(5-13-9)6-15-14-8(3-11)4-12/h1-2,5H,6H2. The van der Waals surface area contributed by atoms with E-state index < -0.39 is 0 Å². The van der Waals surface area contributed by atoms with Crippen LogP contribution in [0.3, 0.4) is 0 Å². The number of nitrogens with zero attached hydrogens (tertiary/aromatic N) is 4. The summed E-state index contributed by atoms with van der Waals surface area (Å²) in [6.07, 6.45) is 1.52. The maximum Gasteiger partial charge on any atom is 0.256 e. The molecular weight excluding hydrogens is 216 g/mol. The molecule has 0 aromatic carbocycles. The van der Waals surface area contributed by atoms with E-state index in [2.05, 4.69) is 10.1 Å². The minimum atomic E-state index is -0.322. The summed E-state index contributed by atoms with van der Waals surface area (Å²) in [6.45, 7) is 0.136. The number of oxime groups is 1. The highest BCUT2D eigenvalue weighted by atomic mass is 35.5. The molecule has 0 fully saturated rings. The molecule has 1 rings (SSSR count). The zero-order valence-electron chi connectivity index (χ0n) is 7.51. The molecule has 1 aromatic rings. The highest BCUT2D eigenvalue weighted by molar-refractivity contribution is 6.29. The minimum absolute atomic E-state index is 0.136. The van der Waals surface area contributed by atoms with E-state index in [0.717, 1.165) is 5.56 Å². The Morgan fingerprint density at radius 3 is 2.73 bits per heavy atom. The van der Waals surface area contributed by atoms with Crippen LogP contribution in [0.2, 0.25) is 5.15 Å². The second-order valence-corrected chi connectivity index (χ2v) is 2.81. The predicted molar refractivity (Wildman–Crippen MR) is 52.7 cm³/mol. The normalized spacial score (nSPS) is 8.47. The lowest BCUT2D eigenvalue weighted by Crippen LogP contribution is -1.93. The average Bonchev–Trinajstić information content (AvgIpc) is 2.27. The summed E-state index contributed by atoms with van der Waals surface area (Å²) in [7, 11) is 0. The first kappa shape index (κ1) is 11.0. The van der Waals surface area contributed by atoms with Crippen molar-refractivity contribution in [3.05, 3.63) is 29.0 Å². The third-order valence-electron chi connectivity index (χ3n) is 1.39. The topological polar surface area (TPSA) is 82.1 Å². The maximum atomic E-state index is 8.35. The SMILES string of the molecule is N#CC(C#N)=NOCc1ccc(Cl)nc1. The van der Waals surface area contributed by atoms with Gasteiger partial charge < -0.3 is 4.84 Å². The van der Waals surface area contributed by atoms with Crippen LogP contribution < -0.4 is 0 Å². The van der Waals surface area contributed by atoms with Crippen LogP contribution >= 0.6 is 11.6 Å². The number of rotatable bonds is 3. The van der Waals surface area contributed by atoms with Gasteiger partial charge in [-0.2, -0.15) is 10.5 Å². The van der Waals surface area contributed by atoms with E-state index in [0.29, 0.717) is 5.15 Å². The van der Waals surface area contributed by atoms with Crippen molar-refractivity contribution >= 4 is 17.3 Å². The van der Waals surface area contributed by atoms with Crippen molar-refractivity contribution in [3.8, 4) is 12.1 Å². The quantitative estimate of drug-likeness (QED) is 0.441. The molecule has 6 heteroatoms. The molecule has 1 heterocycles. The van der Waals surface area contributed by atoms with Crippen molar-refractivity contribution in [2.45, 2.75) is 6.61 Å². The first-order valence-electron chi connectivity index (χ1n) is 3.87. The molecule has 5 nitrogen and oxygen atoms in total. The van der Waals surface area contributed by atoms with Gasteiger partial charge in [0.05, 0.1) is 0 Å². The number of hydrogen-bond acceptors (Lipinski definition) is 5. The summed E-state index contributed by atoms with van der Waals surface area (Å²) >= 11 is 5.58. The van der Waals surface area contributed by atoms with Crippen LogP contribution in [0, 0.1) is 22.7 Å². The molecule has 74 valence electrons. The summed E-state index contributed by atoms with van der Waals surface area (Å²) in [5.74, 6) is 0. The van der Waals surface area contributed by atoms with Gasteiger partial charge in [0.25, 0.3) is 5.71 Å². The Morgan fingerprint density at radius 1 is 1.47 bits per heavy atom. The molecule has 0 bridgehead atoms. The van der Waals surface area contributed by atoms with Crippen LogP contribution in [0.5, 0.6) is 0 Å². The first-order valence-corrected chi connectivity index (χ1v) is 4.24. The van der Waals surface area contributed by atoms with Crippen molar-refractivity contribution < 1.29 is 4.84 Å². The van der Waals surface area contributed by atoms with Gasteiger partial charge in [0, 0.05) is 11.8 Å². The Labute approximate surface area is 91.2 Å². The molecule has 0 saturated heterocycles. The van der Waals surface area contributed by atoms with Crippen LogP contribution in [0.25, 0.3) is 0 Å². The highest BCUT2D eigenvalue weighted by Gasteiger charge is 1.96. The highest BCUT2D eigenvalue weighted by Crippen LogP contribution is 2.06. The molecular formula is C9H5ClN4O. The average molecular weight is 221 g/mol.